The number of hydrogen-bond donors (Lipinski definition) is 1. The number of rotatable bonds is 8. The number of phenols is 1. The number of carbonyl (C=O) groups excluding carboxylic acids is 2. The summed E-state index contributed by atoms with van der Waals surface area (Å²) in [4.78, 5) is 27.1. The Labute approximate surface area is 198 Å². The Morgan fingerprint density at radius 2 is 1.64 bits per heavy atom. The standard InChI is InChI=1S/C26H32O6S/c1-5-26(4,24(30)31-21-11-7-6-10-19(21)27)17-25(2,3)23(29)32-22-16-18(12-13-20(22)28)33-14-8-9-15-33/h6-7,10-13,16H,5,8-9,14-15,17H2,1-4H3,(H-,27,28). The van der Waals surface area contributed by atoms with Gasteiger partial charge < -0.3 is 19.7 Å². The maximum absolute atomic E-state index is 13.1. The molecule has 1 unspecified atom stereocenters. The van der Waals surface area contributed by atoms with Gasteiger partial charge in [-0.1, -0.05) is 30.9 Å². The Bertz CT molecular complexity index is 1010. The van der Waals surface area contributed by atoms with Crippen LogP contribution in [0.5, 0.6) is 23.0 Å². The number of ether oxygens (including phenoxy) is 2. The third kappa shape index (κ3) is 5.82. The lowest BCUT2D eigenvalue weighted by molar-refractivity contribution is -0.270. The molecule has 2 aromatic rings. The van der Waals surface area contributed by atoms with E-state index in [0.29, 0.717) is 6.42 Å². The molecular formula is C26H32O6S. The first-order valence-electron chi connectivity index (χ1n) is 11.3. The van der Waals surface area contributed by atoms with E-state index in [4.69, 9.17) is 9.47 Å². The predicted octanol–water partition coefficient (Wildman–Crippen LogP) is 4.58. The zero-order chi connectivity index (χ0) is 24.2. The number of aromatic hydroxyl groups is 1. The third-order valence-corrected chi connectivity index (χ3v) is 8.69. The molecule has 0 spiro atoms. The Balaban J connectivity index is 1.74. The number of phenolic OH excluding ortho intramolecular Hbond substituents is 1. The smallest absolute Gasteiger partial charge is 0.317 e. The summed E-state index contributed by atoms with van der Waals surface area (Å²) in [5.74, 6) is 0.749. The maximum Gasteiger partial charge on any atom is 0.317 e. The SMILES string of the molecule is CCC(C)(CC(C)(C)C(=O)Oc1cc([S+]2CCCC2)ccc1[O-])C(=O)Oc1ccccc1O. The van der Waals surface area contributed by atoms with Crippen molar-refractivity contribution in [3.05, 3.63) is 42.5 Å². The molecule has 1 aliphatic heterocycles. The van der Waals surface area contributed by atoms with Crippen LogP contribution in [0.4, 0.5) is 0 Å². The van der Waals surface area contributed by atoms with Crippen molar-refractivity contribution in [3.63, 3.8) is 0 Å². The highest BCUT2D eigenvalue weighted by Gasteiger charge is 2.43. The molecule has 2 aromatic carbocycles. The molecule has 1 N–H and O–H groups in total. The van der Waals surface area contributed by atoms with E-state index in [2.05, 4.69) is 0 Å². The quantitative estimate of drug-likeness (QED) is 0.343. The Morgan fingerprint density at radius 1 is 1.00 bits per heavy atom. The fourth-order valence-electron chi connectivity index (χ4n) is 4.03. The summed E-state index contributed by atoms with van der Waals surface area (Å²) < 4.78 is 11.0. The number of benzene rings is 2. The van der Waals surface area contributed by atoms with Crippen molar-refractivity contribution in [3.8, 4) is 23.0 Å². The van der Waals surface area contributed by atoms with Crippen LogP contribution in [0.15, 0.2) is 47.4 Å². The molecule has 1 atom stereocenters. The number of esters is 2. The van der Waals surface area contributed by atoms with E-state index in [1.54, 1.807) is 39.0 Å². The first-order chi connectivity index (χ1) is 15.6. The summed E-state index contributed by atoms with van der Waals surface area (Å²) in [6, 6.07) is 11.3. The lowest BCUT2D eigenvalue weighted by Crippen LogP contribution is -2.40. The maximum atomic E-state index is 13.1. The Hall–Kier alpha value is -2.67. The van der Waals surface area contributed by atoms with Gasteiger partial charge in [-0.2, -0.15) is 0 Å². The van der Waals surface area contributed by atoms with Crippen LogP contribution in [0.25, 0.3) is 0 Å². The van der Waals surface area contributed by atoms with Crippen molar-refractivity contribution >= 4 is 22.8 Å². The molecular weight excluding hydrogens is 440 g/mol. The molecule has 33 heavy (non-hydrogen) atoms. The van der Waals surface area contributed by atoms with Gasteiger partial charge in [-0.25, -0.2) is 0 Å². The molecule has 0 amide bonds. The van der Waals surface area contributed by atoms with Crippen LogP contribution >= 0.6 is 0 Å². The topological polar surface area (TPSA) is 95.9 Å². The van der Waals surface area contributed by atoms with Crippen LogP contribution in [-0.4, -0.2) is 28.6 Å². The van der Waals surface area contributed by atoms with Crippen LogP contribution in [0, 0.1) is 10.8 Å². The van der Waals surface area contributed by atoms with Gasteiger partial charge in [0.05, 0.1) is 10.8 Å². The van der Waals surface area contributed by atoms with Gasteiger partial charge in [0.1, 0.15) is 17.3 Å². The van der Waals surface area contributed by atoms with Crippen molar-refractivity contribution in [1.82, 2.24) is 0 Å². The summed E-state index contributed by atoms with van der Waals surface area (Å²) in [7, 11) is 0.0980. The van der Waals surface area contributed by atoms with E-state index >= 15 is 0 Å². The minimum absolute atomic E-state index is 0.0416. The molecule has 0 saturated carbocycles. The molecule has 1 saturated heterocycles. The summed E-state index contributed by atoms with van der Waals surface area (Å²) in [5, 5.41) is 22.3. The van der Waals surface area contributed by atoms with Crippen LogP contribution in [-0.2, 0) is 20.5 Å². The zero-order valence-electron chi connectivity index (χ0n) is 19.7. The van der Waals surface area contributed by atoms with Crippen LogP contribution in [0.2, 0.25) is 0 Å². The summed E-state index contributed by atoms with van der Waals surface area (Å²) in [6.45, 7) is 6.97. The number of hydrogen-bond acceptors (Lipinski definition) is 6. The molecule has 3 rings (SSSR count). The molecule has 7 heteroatoms. The fraction of sp³-hybridized carbons (Fsp3) is 0.462. The number of carbonyl (C=O) groups is 2. The minimum atomic E-state index is -1.05. The molecule has 178 valence electrons. The highest BCUT2D eigenvalue weighted by atomic mass is 32.2. The van der Waals surface area contributed by atoms with Gasteiger partial charge in [0.15, 0.2) is 16.4 Å². The van der Waals surface area contributed by atoms with Crippen molar-refractivity contribution in [2.45, 2.75) is 58.3 Å². The predicted molar refractivity (Wildman–Crippen MR) is 127 cm³/mol. The molecule has 0 aliphatic carbocycles. The summed E-state index contributed by atoms with van der Waals surface area (Å²) >= 11 is 0. The van der Waals surface area contributed by atoms with Gasteiger partial charge in [-0.15, -0.1) is 0 Å². The van der Waals surface area contributed by atoms with Gasteiger partial charge >= 0.3 is 11.9 Å². The second-order valence-corrected chi connectivity index (χ2v) is 11.7. The highest BCUT2D eigenvalue weighted by molar-refractivity contribution is 7.97. The van der Waals surface area contributed by atoms with Gasteiger partial charge in [0.2, 0.25) is 0 Å². The van der Waals surface area contributed by atoms with E-state index in [1.165, 1.54) is 31.0 Å². The van der Waals surface area contributed by atoms with Crippen molar-refractivity contribution in [2.75, 3.05) is 11.5 Å². The number of para-hydroxylation sites is 2. The van der Waals surface area contributed by atoms with Crippen molar-refractivity contribution in [2.24, 2.45) is 10.8 Å². The molecule has 0 bridgehead atoms. The molecule has 1 heterocycles. The molecule has 1 fully saturated rings. The fourth-order valence-corrected chi connectivity index (χ4v) is 6.35. The summed E-state index contributed by atoms with van der Waals surface area (Å²) in [6.07, 6.45) is 2.93. The average Bonchev–Trinajstić information content (AvgIpc) is 3.31. The molecule has 0 aromatic heterocycles. The van der Waals surface area contributed by atoms with Crippen LogP contribution in [0.3, 0.4) is 0 Å². The Morgan fingerprint density at radius 3 is 2.27 bits per heavy atom. The summed E-state index contributed by atoms with van der Waals surface area (Å²) in [5.41, 5.74) is -2.06. The molecule has 1 aliphatic rings. The lowest BCUT2D eigenvalue weighted by Gasteiger charge is -2.33. The minimum Gasteiger partial charge on any atom is -0.870 e. The van der Waals surface area contributed by atoms with Gasteiger partial charge in [-0.05, 0) is 64.7 Å². The van der Waals surface area contributed by atoms with E-state index < -0.39 is 22.8 Å². The lowest BCUT2D eigenvalue weighted by atomic mass is 9.72. The molecule has 0 radical (unpaired) electrons. The van der Waals surface area contributed by atoms with E-state index in [0.717, 1.165) is 16.4 Å². The van der Waals surface area contributed by atoms with Gasteiger partial charge in [-0.3, -0.25) is 9.59 Å². The largest absolute Gasteiger partial charge is 0.870 e. The molecule has 6 nitrogen and oxygen atoms in total. The third-order valence-electron chi connectivity index (χ3n) is 6.21. The van der Waals surface area contributed by atoms with Crippen molar-refractivity contribution < 1.29 is 29.3 Å². The highest BCUT2D eigenvalue weighted by Crippen LogP contribution is 2.40. The second kappa shape index (κ2) is 10.1. The zero-order valence-corrected chi connectivity index (χ0v) is 20.5. The van der Waals surface area contributed by atoms with E-state index in [-0.39, 0.29) is 40.3 Å². The van der Waals surface area contributed by atoms with Crippen LogP contribution in [0.1, 0.15) is 53.4 Å². The second-order valence-electron chi connectivity index (χ2n) is 9.44. The van der Waals surface area contributed by atoms with Gasteiger partial charge in [0, 0.05) is 17.0 Å². The average molecular weight is 473 g/mol. The Kier molecular flexibility index (Phi) is 7.62. The first kappa shape index (κ1) is 25.0. The first-order valence-corrected chi connectivity index (χ1v) is 12.8. The van der Waals surface area contributed by atoms with Crippen LogP contribution < -0.4 is 14.6 Å². The van der Waals surface area contributed by atoms with Crippen molar-refractivity contribution in [1.29, 1.82) is 0 Å². The van der Waals surface area contributed by atoms with E-state index in [9.17, 15) is 19.8 Å². The normalized spacial score (nSPS) is 16.2. The van der Waals surface area contributed by atoms with Gasteiger partial charge in [0.25, 0.3) is 0 Å². The van der Waals surface area contributed by atoms with E-state index in [1.807, 2.05) is 13.0 Å². The monoisotopic (exact) mass is 472 g/mol.